The molecule has 0 radical (unpaired) electrons. The van der Waals surface area contributed by atoms with Gasteiger partial charge in [0.25, 0.3) is 0 Å². The number of carbonyl (C=O) groups is 2. The molecule has 15 heavy (non-hydrogen) atoms. The van der Waals surface area contributed by atoms with Crippen LogP contribution in [0.2, 0.25) is 0 Å². The normalized spacial score (nSPS) is 16.7. The maximum atomic E-state index is 11.5. The van der Waals surface area contributed by atoms with Crippen molar-refractivity contribution < 1.29 is 9.59 Å². The Kier molecular flexibility index (Phi) is 2.68. The van der Waals surface area contributed by atoms with Gasteiger partial charge in [0.15, 0.2) is 0 Å². The lowest BCUT2D eigenvalue weighted by Gasteiger charge is -2.26. The monoisotopic (exact) mass is 225 g/mol. The lowest BCUT2D eigenvalue weighted by molar-refractivity contribution is -0.141. The van der Waals surface area contributed by atoms with Gasteiger partial charge in [0.05, 0.1) is 30.8 Å². The summed E-state index contributed by atoms with van der Waals surface area (Å²) < 4.78 is 0. The van der Waals surface area contributed by atoms with E-state index >= 15 is 0 Å². The molecule has 1 aliphatic heterocycles. The average molecular weight is 225 g/mol. The van der Waals surface area contributed by atoms with Crippen molar-refractivity contribution in [3.63, 3.8) is 0 Å². The molecule has 1 saturated heterocycles. The van der Waals surface area contributed by atoms with Gasteiger partial charge in [-0.2, -0.15) is 0 Å². The number of nitrogens with one attached hydrogen (secondary N) is 1. The molecule has 0 saturated carbocycles. The molecule has 0 atom stereocenters. The van der Waals surface area contributed by atoms with Gasteiger partial charge in [-0.05, 0) is 6.92 Å². The lowest BCUT2D eigenvalue weighted by atomic mass is 10.3. The van der Waals surface area contributed by atoms with Crippen LogP contribution in [0.5, 0.6) is 0 Å². The Hall–Kier alpha value is -1.43. The third-order valence-corrected chi connectivity index (χ3v) is 3.22. The number of hydrogen-bond acceptors (Lipinski definition) is 4. The number of thiazole rings is 1. The molecule has 0 aromatic carbocycles. The largest absolute Gasteiger partial charge is 0.345 e. The van der Waals surface area contributed by atoms with Gasteiger partial charge >= 0.3 is 0 Å². The molecule has 2 amide bonds. The summed E-state index contributed by atoms with van der Waals surface area (Å²) in [6.07, 6.45) is 0. The Morgan fingerprint density at radius 1 is 1.60 bits per heavy atom. The number of aryl methyl sites for hydroxylation is 1. The topological polar surface area (TPSA) is 62.3 Å². The molecule has 0 bridgehead atoms. The fraction of sp³-hybridized carbons (Fsp3) is 0.444. The number of carbonyl (C=O) groups excluding carboxylic acids is 2. The summed E-state index contributed by atoms with van der Waals surface area (Å²) in [5.41, 5.74) is 2.68. The first-order valence-electron chi connectivity index (χ1n) is 4.60. The summed E-state index contributed by atoms with van der Waals surface area (Å²) in [7, 11) is 0. The minimum absolute atomic E-state index is 0.0394. The fourth-order valence-corrected chi connectivity index (χ4v) is 2.19. The first-order valence-corrected chi connectivity index (χ1v) is 5.48. The van der Waals surface area contributed by atoms with Crippen LogP contribution in [0, 0.1) is 6.92 Å². The highest BCUT2D eigenvalue weighted by molar-refractivity contribution is 7.09. The standard InChI is InChI=1S/C9H11N3O2S/c1-6-7(15-5-11-6)3-12-4-8(13)10-2-9(12)14/h5H,2-4H2,1H3,(H,10,13). The lowest BCUT2D eigenvalue weighted by Crippen LogP contribution is -2.50. The maximum Gasteiger partial charge on any atom is 0.242 e. The van der Waals surface area contributed by atoms with Crippen molar-refractivity contribution >= 4 is 23.2 Å². The van der Waals surface area contributed by atoms with E-state index in [1.54, 1.807) is 10.4 Å². The van der Waals surface area contributed by atoms with Crippen LogP contribution in [0.4, 0.5) is 0 Å². The predicted octanol–water partition coefficient (Wildman–Crippen LogP) is -0.0901. The van der Waals surface area contributed by atoms with E-state index in [1.807, 2.05) is 6.92 Å². The summed E-state index contributed by atoms with van der Waals surface area (Å²) in [6, 6.07) is 0. The van der Waals surface area contributed by atoms with E-state index in [-0.39, 0.29) is 24.9 Å². The van der Waals surface area contributed by atoms with Crippen molar-refractivity contribution in [2.75, 3.05) is 13.1 Å². The number of nitrogens with zero attached hydrogens (tertiary/aromatic N) is 2. The number of amides is 2. The highest BCUT2D eigenvalue weighted by Crippen LogP contribution is 2.15. The van der Waals surface area contributed by atoms with Crippen molar-refractivity contribution in [2.45, 2.75) is 13.5 Å². The summed E-state index contributed by atoms with van der Waals surface area (Å²) in [4.78, 5) is 29.3. The molecule has 2 heterocycles. The second kappa shape index (κ2) is 3.98. The molecular formula is C9H11N3O2S. The molecule has 1 fully saturated rings. The Bertz CT molecular complexity index is 402. The summed E-state index contributed by atoms with van der Waals surface area (Å²) in [5.74, 6) is -0.140. The van der Waals surface area contributed by atoms with Crippen LogP contribution in [-0.2, 0) is 16.1 Å². The zero-order chi connectivity index (χ0) is 10.8. The third-order valence-electron chi connectivity index (χ3n) is 2.30. The predicted molar refractivity (Wildman–Crippen MR) is 55.3 cm³/mol. The molecule has 5 nitrogen and oxygen atoms in total. The summed E-state index contributed by atoms with van der Waals surface area (Å²) in [6.45, 7) is 2.65. The Morgan fingerprint density at radius 2 is 2.40 bits per heavy atom. The van der Waals surface area contributed by atoms with E-state index in [9.17, 15) is 9.59 Å². The first-order chi connectivity index (χ1) is 7.16. The molecule has 1 aromatic rings. The minimum Gasteiger partial charge on any atom is -0.345 e. The molecular weight excluding hydrogens is 214 g/mol. The molecule has 2 rings (SSSR count). The van der Waals surface area contributed by atoms with Gasteiger partial charge in [-0.25, -0.2) is 4.98 Å². The van der Waals surface area contributed by atoms with E-state index < -0.39 is 0 Å². The van der Waals surface area contributed by atoms with Crippen LogP contribution in [-0.4, -0.2) is 34.8 Å². The molecule has 1 aromatic heterocycles. The minimum atomic E-state index is -0.100. The molecule has 0 unspecified atom stereocenters. The number of aromatic nitrogens is 1. The van der Waals surface area contributed by atoms with Crippen molar-refractivity contribution in [2.24, 2.45) is 0 Å². The molecule has 0 aliphatic carbocycles. The van der Waals surface area contributed by atoms with Gasteiger partial charge in [-0.1, -0.05) is 0 Å². The van der Waals surface area contributed by atoms with Gasteiger partial charge in [0, 0.05) is 4.88 Å². The zero-order valence-corrected chi connectivity index (χ0v) is 9.13. The number of piperazine rings is 1. The number of rotatable bonds is 2. The highest BCUT2D eigenvalue weighted by Gasteiger charge is 2.23. The van der Waals surface area contributed by atoms with Crippen LogP contribution in [0.15, 0.2) is 5.51 Å². The van der Waals surface area contributed by atoms with Crippen molar-refractivity contribution in [1.82, 2.24) is 15.2 Å². The smallest absolute Gasteiger partial charge is 0.242 e. The van der Waals surface area contributed by atoms with E-state index in [4.69, 9.17) is 0 Å². The van der Waals surface area contributed by atoms with Gasteiger partial charge in [-0.3, -0.25) is 9.59 Å². The van der Waals surface area contributed by atoms with Crippen molar-refractivity contribution in [1.29, 1.82) is 0 Å². The second-order valence-electron chi connectivity index (χ2n) is 3.39. The van der Waals surface area contributed by atoms with E-state index in [0.717, 1.165) is 10.6 Å². The highest BCUT2D eigenvalue weighted by atomic mass is 32.1. The first kappa shape index (κ1) is 10.1. The molecule has 6 heteroatoms. The third kappa shape index (κ3) is 2.15. The Balaban J connectivity index is 2.07. The fourth-order valence-electron chi connectivity index (χ4n) is 1.40. The van der Waals surface area contributed by atoms with Gasteiger partial charge in [-0.15, -0.1) is 11.3 Å². The molecule has 1 N–H and O–H groups in total. The van der Waals surface area contributed by atoms with Crippen LogP contribution in [0.25, 0.3) is 0 Å². The average Bonchev–Trinajstić information content (AvgIpc) is 2.58. The van der Waals surface area contributed by atoms with Crippen molar-refractivity contribution in [3.8, 4) is 0 Å². The van der Waals surface area contributed by atoms with Crippen LogP contribution in [0.3, 0.4) is 0 Å². The van der Waals surface area contributed by atoms with Gasteiger partial charge in [0.2, 0.25) is 11.8 Å². The second-order valence-corrected chi connectivity index (χ2v) is 4.33. The molecule has 80 valence electrons. The van der Waals surface area contributed by atoms with E-state index in [0.29, 0.717) is 6.54 Å². The van der Waals surface area contributed by atoms with Crippen LogP contribution >= 0.6 is 11.3 Å². The van der Waals surface area contributed by atoms with Crippen molar-refractivity contribution in [3.05, 3.63) is 16.1 Å². The van der Waals surface area contributed by atoms with E-state index in [1.165, 1.54) is 11.3 Å². The van der Waals surface area contributed by atoms with E-state index in [2.05, 4.69) is 10.3 Å². The molecule has 0 spiro atoms. The summed E-state index contributed by atoms with van der Waals surface area (Å²) >= 11 is 1.51. The Labute approximate surface area is 91.1 Å². The zero-order valence-electron chi connectivity index (χ0n) is 8.32. The number of hydrogen-bond donors (Lipinski definition) is 1. The van der Waals surface area contributed by atoms with Crippen LogP contribution in [0.1, 0.15) is 10.6 Å². The quantitative estimate of drug-likeness (QED) is 0.765. The SMILES string of the molecule is Cc1ncsc1CN1CC(=O)NCC1=O. The van der Waals surface area contributed by atoms with Crippen LogP contribution < -0.4 is 5.32 Å². The Morgan fingerprint density at radius 3 is 3.07 bits per heavy atom. The van der Waals surface area contributed by atoms with Gasteiger partial charge < -0.3 is 10.2 Å². The molecule has 1 aliphatic rings. The summed E-state index contributed by atoms with van der Waals surface area (Å²) in [5, 5.41) is 2.51. The van der Waals surface area contributed by atoms with Gasteiger partial charge in [0.1, 0.15) is 0 Å². The maximum absolute atomic E-state index is 11.5.